The Hall–Kier alpha value is -3.48. The number of aryl methyl sites for hydroxylation is 1. The molecule has 32 heavy (non-hydrogen) atoms. The molecule has 0 atom stereocenters. The summed E-state index contributed by atoms with van der Waals surface area (Å²) in [5.41, 5.74) is 8.25. The van der Waals surface area contributed by atoms with Crippen molar-refractivity contribution >= 4 is 22.5 Å². The molecule has 0 spiro atoms. The van der Waals surface area contributed by atoms with Crippen LogP contribution in [0.1, 0.15) is 43.2 Å². The number of nitrogens with two attached hydrogens (primary N) is 1. The van der Waals surface area contributed by atoms with E-state index < -0.39 is 5.54 Å². The molecule has 0 aliphatic heterocycles. The molecule has 0 aliphatic rings. The van der Waals surface area contributed by atoms with Crippen LogP contribution in [0.3, 0.4) is 0 Å². The van der Waals surface area contributed by atoms with Gasteiger partial charge in [0.2, 0.25) is 0 Å². The third-order valence-corrected chi connectivity index (χ3v) is 4.85. The molecule has 0 bridgehead atoms. The summed E-state index contributed by atoms with van der Waals surface area (Å²) >= 11 is 0. The van der Waals surface area contributed by atoms with Crippen LogP contribution in [-0.4, -0.2) is 36.8 Å². The van der Waals surface area contributed by atoms with Crippen molar-refractivity contribution in [2.45, 2.75) is 39.7 Å². The fourth-order valence-electron chi connectivity index (χ4n) is 3.34. The number of methoxy groups -OCH3 is 1. The number of aromatic nitrogens is 1. The van der Waals surface area contributed by atoms with E-state index in [1.807, 2.05) is 52.0 Å². The minimum atomic E-state index is -0.653. The number of hydrogen-bond donors (Lipinski definition) is 2. The molecule has 1 amide bonds. The van der Waals surface area contributed by atoms with E-state index in [4.69, 9.17) is 19.9 Å². The number of nitrogen functional groups attached to an aromatic ring is 1. The maximum Gasteiger partial charge on any atom is 0.252 e. The number of nitrogens with zero attached hydrogens (tertiary/aromatic N) is 1. The van der Waals surface area contributed by atoms with Gasteiger partial charge in [-0.25, -0.2) is 0 Å². The molecule has 1 heterocycles. The maximum absolute atomic E-state index is 13.0. The molecular formula is C25H31N3O4. The lowest BCUT2D eigenvalue weighted by Crippen LogP contribution is -2.47. The molecule has 0 saturated carbocycles. The van der Waals surface area contributed by atoms with Crippen LogP contribution < -0.4 is 25.3 Å². The Labute approximate surface area is 188 Å². The first-order valence-corrected chi connectivity index (χ1v) is 10.7. The number of carbonyl (C=O) groups is 1. The van der Waals surface area contributed by atoms with E-state index in [9.17, 15) is 4.79 Å². The summed E-state index contributed by atoms with van der Waals surface area (Å²) in [6, 6.07) is 12.6. The molecular weight excluding hydrogens is 406 g/mol. The zero-order valence-electron chi connectivity index (χ0n) is 19.3. The molecule has 2 aromatic carbocycles. The van der Waals surface area contributed by atoms with Crippen LogP contribution in [0.15, 0.2) is 42.5 Å². The minimum absolute atomic E-state index is 0.242. The second-order valence-corrected chi connectivity index (χ2v) is 8.38. The van der Waals surface area contributed by atoms with Crippen molar-refractivity contribution in [3.63, 3.8) is 0 Å². The smallest absolute Gasteiger partial charge is 0.252 e. The largest absolute Gasteiger partial charge is 0.497 e. The summed E-state index contributed by atoms with van der Waals surface area (Å²) in [7, 11) is 1.56. The van der Waals surface area contributed by atoms with Crippen LogP contribution in [0.25, 0.3) is 10.9 Å². The quantitative estimate of drug-likeness (QED) is 0.511. The van der Waals surface area contributed by atoms with Gasteiger partial charge in [0.1, 0.15) is 23.9 Å². The van der Waals surface area contributed by atoms with Crippen LogP contribution in [0.5, 0.6) is 17.2 Å². The third kappa shape index (κ3) is 5.60. The van der Waals surface area contributed by atoms with Gasteiger partial charge in [-0.05, 0) is 57.5 Å². The number of nitrogens with one attached hydrogen (secondary N) is 1. The summed E-state index contributed by atoms with van der Waals surface area (Å²) in [5, 5.41) is 3.80. The minimum Gasteiger partial charge on any atom is -0.497 e. The van der Waals surface area contributed by atoms with Crippen molar-refractivity contribution in [3.8, 4) is 17.2 Å². The topological polar surface area (TPSA) is 95.7 Å². The van der Waals surface area contributed by atoms with Gasteiger partial charge in [-0.2, -0.15) is 0 Å². The summed E-state index contributed by atoms with van der Waals surface area (Å²) in [6.07, 6.45) is 0.872. The molecule has 0 fully saturated rings. The van der Waals surface area contributed by atoms with E-state index in [1.54, 1.807) is 25.3 Å². The monoisotopic (exact) mass is 437 g/mol. The molecule has 7 heteroatoms. The number of carbonyl (C=O) groups excluding carboxylic acids is 1. The van der Waals surface area contributed by atoms with Crippen LogP contribution in [-0.2, 0) is 0 Å². The van der Waals surface area contributed by atoms with E-state index in [-0.39, 0.29) is 12.5 Å². The molecule has 7 nitrogen and oxygen atoms in total. The molecule has 0 unspecified atom stereocenters. The van der Waals surface area contributed by atoms with Gasteiger partial charge >= 0.3 is 0 Å². The molecule has 3 N–H and O–H groups in total. The predicted molar refractivity (Wildman–Crippen MR) is 127 cm³/mol. The van der Waals surface area contributed by atoms with E-state index in [2.05, 4.69) is 10.3 Å². The highest BCUT2D eigenvalue weighted by molar-refractivity contribution is 5.96. The number of rotatable bonds is 9. The highest BCUT2D eigenvalue weighted by Gasteiger charge is 2.24. The Kier molecular flexibility index (Phi) is 7.08. The average Bonchev–Trinajstić information content (AvgIpc) is 2.75. The number of pyridine rings is 1. The van der Waals surface area contributed by atoms with Crippen molar-refractivity contribution in [2.75, 3.05) is 26.1 Å². The second-order valence-electron chi connectivity index (χ2n) is 8.38. The number of ether oxygens (including phenoxy) is 3. The number of anilines is 1. The van der Waals surface area contributed by atoms with Gasteiger partial charge in [-0.15, -0.1) is 0 Å². The Morgan fingerprint density at radius 1 is 1.12 bits per heavy atom. The van der Waals surface area contributed by atoms with Crippen molar-refractivity contribution in [1.82, 2.24) is 10.3 Å². The molecule has 3 rings (SSSR count). The fourth-order valence-corrected chi connectivity index (χ4v) is 3.34. The van der Waals surface area contributed by atoms with E-state index >= 15 is 0 Å². The van der Waals surface area contributed by atoms with E-state index in [0.29, 0.717) is 35.1 Å². The number of fused-ring (bicyclic) bond motifs is 1. The van der Waals surface area contributed by atoms with Gasteiger partial charge in [-0.1, -0.05) is 13.0 Å². The van der Waals surface area contributed by atoms with Crippen LogP contribution in [0.2, 0.25) is 0 Å². The van der Waals surface area contributed by atoms with Crippen molar-refractivity contribution in [1.29, 1.82) is 0 Å². The summed E-state index contributed by atoms with van der Waals surface area (Å²) in [4.78, 5) is 17.5. The molecule has 0 aliphatic carbocycles. The average molecular weight is 438 g/mol. The molecule has 0 saturated heterocycles. The number of amides is 1. The van der Waals surface area contributed by atoms with Crippen LogP contribution >= 0.6 is 0 Å². The van der Waals surface area contributed by atoms with Crippen molar-refractivity contribution in [3.05, 3.63) is 53.7 Å². The summed E-state index contributed by atoms with van der Waals surface area (Å²) in [5.74, 6) is 1.55. The first-order valence-electron chi connectivity index (χ1n) is 10.7. The molecule has 3 aromatic rings. The highest BCUT2D eigenvalue weighted by Crippen LogP contribution is 2.31. The molecule has 170 valence electrons. The summed E-state index contributed by atoms with van der Waals surface area (Å²) < 4.78 is 17.1. The van der Waals surface area contributed by atoms with Gasteiger partial charge in [0.15, 0.2) is 0 Å². The van der Waals surface area contributed by atoms with Crippen LogP contribution in [0, 0.1) is 6.92 Å². The molecule has 1 aromatic heterocycles. The Morgan fingerprint density at radius 3 is 2.59 bits per heavy atom. The van der Waals surface area contributed by atoms with Gasteiger partial charge in [-0.3, -0.25) is 9.78 Å². The lowest BCUT2D eigenvalue weighted by atomic mass is 10.1. The standard InChI is InChI=1S/C25H31N3O4/c1-6-10-31-19-13-17(12-18(14-19)30-5)24(29)28-25(3,4)15-32-22-9-7-8-21-23(22)20(26)11-16(2)27-21/h7-9,11-14H,6,10,15H2,1-5H3,(H2,26,27)(H,28,29). The zero-order valence-corrected chi connectivity index (χ0v) is 19.3. The van der Waals surface area contributed by atoms with Gasteiger partial charge in [0, 0.05) is 23.0 Å². The second kappa shape index (κ2) is 9.77. The maximum atomic E-state index is 13.0. The lowest BCUT2D eigenvalue weighted by Gasteiger charge is -2.27. The lowest BCUT2D eigenvalue weighted by molar-refractivity contribution is 0.0880. The molecule has 0 radical (unpaired) electrons. The normalized spacial score (nSPS) is 11.3. The Morgan fingerprint density at radius 2 is 1.88 bits per heavy atom. The number of benzene rings is 2. The third-order valence-electron chi connectivity index (χ3n) is 4.85. The van der Waals surface area contributed by atoms with Gasteiger partial charge in [0.25, 0.3) is 5.91 Å². The number of hydrogen-bond acceptors (Lipinski definition) is 6. The van der Waals surface area contributed by atoms with Crippen molar-refractivity contribution in [2.24, 2.45) is 0 Å². The fraction of sp³-hybridized carbons (Fsp3) is 0.360. The van der Waals surface area contributed by atoms with Gasteiger partial charge in [0.05, 0.1) is 30.2 Å². The zero-order chi connectivity index (χ0) is 23.3. The first kappa shape index (κ1) is 23.2. The van der Waals surface area contributed by atoms with E-state index in [0.717, 1.165) is 23.0 Å². The first-order chi connectivity index (χ1) is 15.2. The van der Waals surface area contributed by atoms with Crippen molar-refractivity contribution < 1.29 is 19.0 Å². The Balaban J connectivity index is 1.74. The van der Waals surface area contributed by atoms with Gasteiger partial charge < -0.3 is 25.3 Å². The van der Waals surface area contributed by atoms with Crippen LogP contribution in [0.4, 0.5) is 5.69 Å². The van der Waals surface area contributed by atoms with E-state index in [1.165, 1.54) is 0 Å². The predicted octanol–water partition coefficient (Wildman–Crippen LogP) is 4.51. The summed E-state index contributed by atoms with van der Waals surface area (Å²) in [6.45, 7) is 8.54. The Bertz CT molecular complexity index is 1110. The SMILES string of the molecule is CCCOc1cc(OC)cc(C(=O)NC(C)(C)COc2cccc3nc(C)cc(N)c23)c1. The highest BCUT2D eigenvalue weighted by atomic mass is 16.5.